The quantitative estimate of drug-likeness (QED) is 0.507. The molecule has 202 valence electrons. The number of ether oxygens (including phenoxy) is 1. The Labute approximate surface area is 232 Å². The molecular weight excluding hydrogens is 519 g/mol. The number of carbonyl (C=O) groups is 1. The molecular formula is C29H30ClFN6O2. The van der Waals surface area contributed by atoms with E-state index in [0.717, 1.165) is 12.8 Å². The second kappa shape index (κ2) is 12.0. The summed E-state index contributed by atoms with van der Waals surface area (Å²) in [6, 6.07) is 18.2. The summed E-state index contributed by atoms with van der Waals surface area (Å²) in [5.74, 6) is -0.241. The molecule has 0 saturated carbocycles. The number of amides is 1. The molecule has 1 aromatic heterocycles. The maximum Gasteiger partial charge on any atom is 0.228 e. The third-order valence-electron chi connectivity index (χ3n) is 7.61. The zero-order valence-electron chi connectivity index (χ0n) is 21.7. The zero-order chi connectivity index (χ0) is 27.4. The average Bonchev–Trinajstić information content (AvgIpc) is 3.38. The Bertz CT molecular complexity index is 1340. The number of carbonyl (C=O) groups excluding carboxylic acids is 1. The third-order valence-corrected chi connectivity index (χ3v) is 7.86. The van der Waals surface area contributed by atoms with Gasteiger partial charge in [-0.05, 0) is 54.3 Å². The van der Waals surface area contributed by atoms with Crippen LogP contribution in [-0.2, 0) is 4.79 Å². The maximum atomic E-state index is 15.2. The molecule has 2 fully saturated rings. The summed E-state index contributed by atoms with van der Waals surface area (Å²) in [7, 11) is 1.50. The first kappa shape index (κ1) is 26.9. The molecule has 1 N–H and O–H groups in total. The molecule has 0 aliphatic carbocycles. The molecule has 2 aliphatic rings. The minimum absolute atomic E-state index is 0.00562. The van der Waals surface area contributed by atoms with Crippen molar-refractivity contribution in [3.05, 3.63) is 82.3 Å². The number of benzene rings is 2. The van der Waals surface area contributed by atoms with Crippen molar-refractivity contribution >= 4 is 23.3 Å². The van der Waals surface area contributed by atoms with Crippen LogP contribution in [0, 0.1) is 23.1 Å². The van der Waals surface area contributed by atoms with Crippen LogP contribution in [0.1, 0.15) is 41.6 Å². The minimum Gasteiger partial charge on any atom is -0.497 e. The molecule has 0 radical (unpaired) electrons. The molecule has 10 heteroatoms. The second-order valence-corrected chi connectivity index (χ2v) is 10.4. The van der Waals surface area contributed by atoms with Crippen molar-refractivity contribution in [3.63, 3.8) is 0 Å². The van der Waals surface area contributed by atoms with E-state index < -0.39 is 11.7 Å². The van der Waals surface area contributed by atoms with Gasteiger partial charge in [0.1, 0.15) is 17.6 Å². The largest absolute Gasteiger partial charge is 0.497 e. The highest BCUT2D eigenvalue weighted by atomic mass is 35.5. The molecule has 5 rings (SSSR count). The molecule has 39 heavy (non-hydrogen) atoms. The number of methoxy groups -OCH3 is 1. The SMILES string of the molecule is COc1ccc([C@@H]2CN(c3ccc(C#N)nn3)C[C@H]2C(=O)N2CCC[C@@H](c3ccc(Cl)cc3)NCC2)c(F)c1. The normalized spacial score (nSPS) is 21.6. The molecule has 0 unspecified atom stereocenters. The van der Waals surface area contributed by atoms with E-state index in [1.807, 2.05) is 40.1 Å². The Morgan fingerprint density at radius 2 is 1.95 bits per heavy atom. The molecule has 1 amide bonds. The Morgan fingerprint density at radius 1 is 1.13 bits per heavy atom. The van der Waals surface area contributed by atoms with Gasteiger partial charge >= 0.3 is 0 Å². The fourth-order valence-corrected chi connectivity index (χ4v) is 5.68. The van der Waals surface area contributed by atoms with Crippen molar-refractivity contribution in [2.24, 2.45) is 5.92 Å². The van der Waals surface area contributed by atoms with Crippen LogP contribution in [0.2, 0.25) is 5.02 Å². The lowest BCUT2D eigenvalue weighted by atomic mass is 9.87. The van der Waals surface area contributed by atoms with Gasteiger partial charge in [-0.15, -0.1) is 10.2 Å². The van der Waals surface area contributed by atoms with Gasteiger partial charge in [-0.2, -0.15) is 5.26 Å². The number of rotatable bonds is 5. The molecule has 2 aliphatic heterocycles. The van der Waals surface area contributed by atoms with Crippen molar-refractivity contribution in [2.45, 2.75) is 24.8 Å². The van der Waals surface area contributed by atoms with Crippen molar-refractivity contribution in [1.82, 2.24) is 20.4 Å². The van der Waals surface area contributed by atoms with Crippen LogP contribution in [-0.4, -0.2) is 60.8 Å². The fourth-order valence-electron chi connectivity index (χ4n) is 5.55. The predicted molar refractivity (Wildman–Crippen MR) is 146 cm³/mol. The standard InChI is InChI=1S/C29H30ClFN6O2/c1-39-22-9-10-23(26(31)15-22)24-17-37(28-11-8-21(16-32)34-35-28)18-25(24)29(38)36-13-2-3-27(33-12-14-36)19-4-6-20(30)7-5-19/h4-11,15,24-25,27,33H,2-3,12-14,17-18H2,1H3/t24-,25+,27-/m0/s1. The lowest BCUT2D eigenvalue weighted by molar-refractivity contribution is -0.135. The number of nitriles is 1. The first-order valence-corrected chi connectivity index (χ1v) is 13.4. The first-order valence-electron chi connectivity index (χ1n) is 13.1. The van der Waals surface area contributed by atoms with E-state index in [1.54, 1.807) is 24.3 Å². The number of nitrogens with zero attached hydrogens (tertiary/aromatic N) is 5. The molecule has 3 aromatic rings. The number of anilines is 1. The van der Waals surface area contributed by atoms with Crippen LogP contribution in [0.4, 0.5) is 10.2 Å². The molecule has 8 nitrogen and oxygen atoms in total. The highest BCUT2D eigenvalue weighted by Crippen LogP contribution is 2.38. The third kappa shape index (κ3) is 5.97. The Balaban J connectivity index is 1.34. The molecule has 3 atom stereocenters. The minimum atomic E-state index is -0.461. The van der Waals surface area contributed by atoms with Gasteiger partial charge in [-0.3, -0.25) is 4.79 Å². The van der Waals surface area contributed by atoms with E-state index in [0.29, 0.717) is 54.9 Å². The van der Waals surface area contributed by atoms with Gasteiger partial charge in [0, 0.05) is 55.8 Å². The summed E-state index contributed by atoms with van der Waals surface area (Å²) in [6.45, 7) is 2.64. The monoisotopic (exact) mass is 548 g/mol. The fraction of sp³-hybridized carbons (Fsp3) is 0.379. The van der Waals surface area contributed by atoms with Gasteiger partial charge < -0.3 is 19.9 Å². The van der Waals surface area contributed by atoms with Crippen molar-refractivity contribution in [2.75, 3.05) is 44.7 Å². The number of nitrogens with one attached hydrogen (secondary N) is 1. The summed E-state index contributed by atoms with van der Waals surface area (Å²) < 4.78 is 20.4. The average molecular weight is 549 g/mol. The molecule has 3 heterocycles. The van der Waals surface area contributed by atoms with Gasteiger partial charge in [0.2, 0.25) is 5.91 Å². The summed E-state index contributed by atoms with van der Waals surface area (Å²) in [5, 5.41) is 21.5. The number of aromatic nitrogens is 2. The summed E-state index contributed by atoms with van der Waals surface area (Å²) >= 11 is 6.05. The van der Waals surface area contributed by atoms with Crippen LogP contribution >= 0.6 is 11.6 Å². The lowest BCUT2D eigenvalue weighted by Gasteiger charge is -2.32. The van der Waals surface area contributed by atoms with Crippen molar-refractivity contribution in [3.8, 4) is 11.8 Å². The molecule has 0 bridgehead atoms. The Morgan fingerprint density at radius 3 is 2.64 bits per heavy atom. The summed E-state index contributed by atoms with van der Waals surface area (Å²) in [4.78, 5) is 17.8. The van der Waals surface area contributed by atoms with Gasteiger partial charge in [0.25, 0.3) is 0 Å². The number of hydrogen-bond acceptors (Lipinski definition) is 7. The van der Waals surface area contributed by atoms with Crippen LogP contribution in [0.15, 0.2) is 54.6 Å². The van der Waals surface area contributed by atoms with E-state index in [4.69, 9.17) is 21.6 Å². The van der Waals surface area contributed by atoms with Crippen LogP contribution in [0.3, 0.4) is 0 Å². The van der Waals surface area contributed by atoms with E-state index in [-0.39, 0.29) is 23.6 Å². The van der Waals surface area contributed by atoms with Gasteiger partial charge in [-0.1, -0.05) is 29.8 Å². The van der Waals surface area contributed by atoms with Crippen molar-refractivity contribution in [1.29, 1.82) is 5.26 Å². The second-order valence-electron chi connectivity index (χ2n) is 9.92. The van der Waals surface area contributed by atoms with Crippen LogP contribution < -0.4 is 15.0 Å². The van der Waals surface area contributed by atoms with E-state index in [1.165, 1.54) is 18.7 Å². The molecule has 0 spiro atoms. The summed E-state index contributed by atoms with van der Waals surface area (Å²) in [6.07, 6.45) is 1.73. The topological polar surface area (TPSA) is 94.4 Å². The van der Waals surface area contributed by atoms with Crippen molar-refractivity contribution < 1.29 is 13.9 Å². The molecule has 2 saturated heterocycles. The van der Waals surface area contributed by atoms with E-state index in [9.17, 15) is 4.79 Å². The first-order chi connectivity index (χ1) is 19.0. The van der Waals surface area contributed by atoms with Gasteiger partial charge in [0.05, 0.1) is 13.0 Å². The predicted octanol–water partition coefficient (Wildman–Crippen LogP) is 4.32. The molecule has 2 aromatic carbocycles. The van der Waals surface area contributed by atoms with E-state index >= 15 is 4.39 Å². The lowest BCUT2D eigenvalue weighted by Crippen LogP contribution is -2.45. The van der Waals surface area contributed by atoms with E-state index in [2.05, 4.69) is 15.5 Å². The van der Waals surface area contributed by atoms with Crippen LogP contribution in [0.25, 0.3) is 0 Å². The van der Waals surface area contributed by atoms with Crippen LogP contribution in [0.5, 0.6) is 5.75 Å². The smallest absolute Gasteiger partial charge is 0.228 e. The number of halogens is 2. The highest BCUT2D eigenvalue weighted by molar-refractivity contribution is 6.30. The highest BCUT2D eigenvalue weighted by Gasteiger charge is 2.42. The maximum absolute atomic E-state index is 15.2. The number of hydrogen-bond donors (Lipinski definition) is 1. The Hall–Kier alpha value is -3.74. The zero-order valence-corrected chi connectivity index (χ0v) is 22.4. The summed E-state index contributed by atoms with van der Waals surface area (Å²) in [5.41, 5.74) is 1.88. The Kier molecular flexibility index (Phi) is 8.24. The van der Waals surface area contributed by atoms with Gasteiger partial charge in [-0.25, -0.2) is 4.39 Å². The van der Waals surface area contributed by atoms with Gasteiger partial charge in [0.15, 0.2) is 11.5 Å².